The van der Waals surface area contributed by atoms with Gasteiger partial charge in [-0.1, -0.05) is 25.0 Å². The minimum atomic E-state index is -0.518. The number of ether oxygens (including phenoxy) is 1. The highest BCUT2D eigenvalue weighted by Crippen LogP contribution is 2.27. The van der Waals surface area contributed by atoms with Crippen LogP contribution in [0.4, 0.5) is 4.39 Å². The largest absolute Gasteiger partial charge is 0.485 e. The normalized spacial score (nSPS) is 28.5. The molecule has 1 aromatic carbocycles. The summed E-state index contributed by atoms with van der Waals surface area (Å²) in [6.07, 6.45) is 5.81. The minimum Gasteiger partial charge on any atom is -0.485 e. The van der Waals surface area contributed by atoms with E-state index < -0.39 is 6.10 Å². The minimum absolute atomic E-state index is 0.246. The maximum Gasteiger partial charge on any atom is 0.165 e. The molecule has 1 aliphatic carbocycles. The second kappa shape index (κ2) is 6.75. The lowest BCUT2D eigenvalue weighted by Crippen LogP contribution is -2.34. The quantitative estimate of drug-likeness (QED) is 0.930. The molecule has 3 rings (SSSR count). The number of halogens is 1. The van der Waals surface area contributed by atoms with Crippen LogP contribution in [0.1, 0.15) is 38.5 Å². The van der Waals surface area contributed by atoms with Crippen molar-refractivity contribution in [3.63, 3.8) is 0 Å². The van der Waals surface area contributed by atoms with Crippen molar-refractivity contribution in [2.24, 2.45) is 0 Å². The fourth-order valence-corrected chi connectivity index (χ4v) is 3.56. The molecule has 2 fully saturated rings. The first kappa shape index (κ1) is 14.8. The lowest BCUT2D eigenvalue weighted by molar-refractivity contribution is 0.0328. The van der Waals surface area contributed by atoms with Gasteiger partial charge in [-0.2, -0.15) is 0 Å². The molecule has 2 atom stereocenters. The summed E-state index contributed by atoms with van der Waals surface area (Å²) < 4.78 is 19.4. The van der Waals surface area contributed by atoms with Crippen LogP contribution < -0.4 is 4.74 Å². The number of aliphatic hydroxyl groups excluding tert-OH is 1. The van der Waals surface area contributed by atoms with Crippen molar-refractivity contribution < 1.29 is 14.2 Å². The number of para-hydroxylation sites is 1. The van der Waals surface area contributed by atoms with Crippen molar-refractivity contribution in [1.29, 1.82) is 0 Å². The van der Waals surface area contributed by atoms with E-state index in [-0.39, 0.29) is 17.7 Å². The molecule has 0 spiro atoms. The summed E-state index contributed by atoms with van der Waals surface area (Å²) in [4.78, 5) is 2.49. The summed E-state index contributed by atoms with van der Waals surface area (Å²) in [6.45, 7) is 1.85. The predicted octanol–water partition coefficient (Wildman–Crippen LogP) is 2.97. The summed E-state index contributed by atoms with van der Waals surface area (Å²) in [5.74, 6) is -0.113. The maximum absolute atomic E-state index is 13.7. The molecule has 1 aromatic rings. The Morgan fingerprint density at radius 3 is 2.52 bits per heavy atom. The van der Waals surface area contributed by atoms with Crippen molar-refractivity contribution in [2.45, 2.75) is 56.8 Å². The fourth-order valence-electron chi connectivity index (χ4n) is 3.56. The summed E-state index contributed by atoms with van der Waals surface area (Å²) in [7, 11) is 0. The summed E-state index contributed by atoms with van der Waals surface area (Å²) in [6, 6.07) is 7.09. The lowest BCUT2D eigenvalue weighted by atomic mass is 10.1. The van der Waals surface area contributed by atoms with E-state index in [0.717, 1.165) is 19.5 Å². The number of rotatable bonds is 3. The van der Waals surface area contributed by atoms with Gasteiger partial charge in [0, 0.05) is 19.1 Å². The smallest absolute Gasteiger partial charge is 0.165 e. The molecule has 0 radical (unpaired) electrons. The van der Waals surface area contributed by atoms with E-state index in [2.05, 4.69) is 4.90 Å². The van der Waals surface area contributed by atoms with E-state index in [4.69, 9.17) is 4.74 Å². The second-order valence-electron chi connectivity index (χ2n) is 6.21. The third kappa shape index (κ3) is 3.55. The van der Waals surface area contributed by atoms with Crippen LogP contribution in [0.15, 0.2) is 24.3 Å². The SMILES string of the molecule is O[C@H]1CCN(C2CCCC2)CC[C@@H]1Oc1ccccc1F. The zero-order chi connectivity index (χ0) is 14.7. The highest BCUT2D eigenvalue weighted by Gasteiger charge is 2.30. The molecule has 1 saturated carbocycles. The van der Waals surface area contributed by atoms with Crippen LogP contribution in [0.25, 0.3) is 0 Å². The molecule has 3 nitrogen and oxygen atoms in total. The Bertz CT molecular complexity index is 462. The summed E-state index contributed by atoms with van der Waals surface area (Å²) >= 11 is 0. The highest BCUT2D eigenvalue weighted by molar-refractivity contribution is 5.24. The Morgan fingerprint density at radius 2 is 1.76 bits per heavy atom. The third-order valence-corrected chi connectivity index (χ3v) is 4.80. The number of nitrogens with zero attached hydrogens (tertiary/aromatic N) is 1. The van der Waals surface area contributed by atoms with Crippen molar-refractivity contribution >= 4 is 0 Å². The zero-order valence-corrected chi connectivity index (χ0v) is 12.4. The van der Waals surface area contributed by atoms with Gasteiger partial charge in [-0.05, 0) is 37.8 Å². The van der Waals surface area contributed by atoms with Crippen molar-refractivity contribution in [2.75, 3.05) is 13.1 Å². The number of aliphatic hydroxyl groups is 1. The van der Waals surface area contributed by atoms with E-state index in [1.165, 1.54) is 31.7 Å². The number of hydrogen-bond acceptors (Lipinski definition) is 3. The van der Waals surface area contributed by atoms with Crippen LogP contribution in [0, 0.1) is 5.82 Å². The van der Waals surface area contributed by atoms with Crippen LogP contribution in [-0.2, 0) is 0 Å². The van der Waals surface area contributed by atoms with Gasteiger partial charge in [0.05, 0.1) is 6.10 Å². The topological polar surface area (TPSA) is 32.7 Å². The van der Waals surface area contributed by atoms with Crippen LogP contribution in [0.5, 0.6) is 5.75 Å². The average molecular weight is 293 g/mol. The summed E-state index contributed by atoms with van der Waals surface area (Å²) in [5.41, 5.74) is 0. The number of benzene rings is 1. The van der Waals surface area contributed by atoms with Crippen LogP contribution in [0.3, 0.4) is 0 Å². The van der Waals surface area contributed by atoms with Gasteiger partial charge in [0.2, 0.25) is 0 Å². The van der Waals surface area contributed by atoms with Gasteiger partial charge in [0.25, 0.3) is 0 Å². The Labute approximate surface area is 125 Å². The molecule has 0 unspecified atom stereocenters. The van der Waals surface area contributed by atoms with Crippen molar-refractivity contribution in [3.05, 3.63) is 30.1 Å². The molecule has 21 heavy (non-hydrogen) atoms. The fraction of sp³-hybridized carbons (Fsp3) is 0.647. The van der Waals surface area contributed by atoms with E-state index >= 15 is 0 Å². The van der Waals surface area contributed by atoms with E-state index in [9.17, 15) is 9.50 Å². The maximum atomic E-state index is 13.7. The van der Waals surface area contributed by atoms with Gasteiger partial charge in [0.15, 0.2) is 11.6 Å². The first-order valence-corrected chi connectivity index (χ1v) is 8.07. The predicted molar refractivity (Wildman–Crippen MR) is 79.9 cm³/mol. The molecular formula is C17H24FNO2. The molecule has 1 saturated heterocycles. The third-order valence-electron chi connectivity index (χ3n) is 4.80. The Balaban J connectivity index is 1.62. The van der Waals surface area contributed by atoms with Gasteiger partial charge >= 0.3 is 0 Å². The van der Waals surface area contributed by atoms with E-state index in [1.54, 1.807) is 18.2 Å². The molecule has 1 aliphatic heterocycles. The Morgan fingerprint density at radius 1 is 1.05 bits per heavy atom. The van der Waals surface area contributed by atoms with Crippen molar-refractivity contribution in [1.82, 2.24) is 4.90 Å². The monoisotopic (exact) mass is 293 g/mol. The molecule has 116 valence electrons. The lowest BCUT2D eigenvalue weighted by Gasteiger charge is -2.27. The second-order valence-corrected chi connectivity index (χ2v) is 6.21. The molecule has 4 heteroatoms. The Kier molecular flexibility index (Phi) is 4.76. The van der Waals surface area contributed by atoms with Crippen LogP contribution >= 0.6 is 0 Å². The summed E-state index contributed by atoms with van der Waals surface area (Å²) in [5, 5.41) is 10.3. The first-order valence-electron chi connectivity index (χ1n) is 8.07. The molecular weight excluding hydrogens is 269 g/mol. The standard InChI is InChI=1S/C17H24FNO2/c18-14-7-3-4-8-16(14)21-17-10-12-19(11-9-15(17)20)13-5-1-2-6-13/h3-4,7-8,13,15,17,20H,1-2,5-6,9-12H2/t15-,17-/m0/s1. The van der Waals surface area contributed by atoms with Gasteiger partial charge in [-0.15, -0.1) is 0 Å². The van der Waals surface area contributed by atoms with Gasteiger partial charge < -0.3 is 14.7 Å². The van der Waals surface area contributed by atoms with Gasteiger partial charge in [-0.25, -0.2) is 4.39 Å². The van der Waals surface area contributed by atoms with Crippen molar-refractivity contribution in [3.8, 4) is 5.75 Å². The molecule has 2 aliphatic rings. The van der Waals surface area contributed by atoms with E-state index in [0.29, 0.717) is 12.5 Å². The molecule has 0 bridgehead atoms. The molecule has 1 heterocycles. The van der Waals surface area contributed by atoms with Crippen LogP contribution in [0.2, 0.25) is 0 Å². The van der Waals surface area contributed by atoms with Gasteiger partial charge in [0.1, 0.15) is 6.10 Å². The van der Waals surface area contributed by atoms with E-state index in [1.807, 2.05) is 0 Å². The van der Waals surface area contributed by atoms with Crippen LogP contribution in [-0.4, -0.2) is 41.3 Å². The average Bonchev–Trinajstić information content (AvgIpc) is 2.95. The van der Waals surface area contributed by atoms with Gasteiger partial charge in [-0.3, -0.25) is 0 Å². The molecule has 0 aromatic heterocycles. The Hall–Kier alpha value is -1.13. The molecule has 1 N–H and O–H groups in total. The highest BCUT2D eigenvalue weighted by atomic mass is 19.1. The molecule has 0 amide bonds. The number of hydrogen-bond donors (Lipinski definition) is 1. The zero-order valence-electron chi connectivity index (χ0n) is 12.4. The first-order chi connectivity index (χ1) is 10.2. The number of likely N-dealkylation sites (tertiary alicyclic amines) is 1.